The fourth-order valence-corrected chi connectivity index (χ4v) is 4.41. The van der Waals surface area contributed by atoms with Crippen LogP contribution in [-0.4, -0.2) is 36.8 Å². The molecule has 0 saturated heterocycles. The Kier molecular flexibility index (Phi) is 6.95. The van der Waals surface area contributed by atoms with E-state index in [0.717, 1.165) is 11.3 Å². The van der Waals surface area contributed by atoms with Crippen LogP contribution in [-0.2, 0) is 14.3 Å². The van der Waals surface area contributed by atoms with Crippen molar-refractivity contribution in [2.75, 3.05) is 18.5 Å². The minimum Gasteiger partial charge on any atom is -0.462 e. The van der Waals surface area contributed by atoms with E-state index >= 15 is 0 Å². The van der Waals surface area contributed by atoms with Gasteiger partial charge in [-0.3, -0.25) is 14.9 Å². The fourth-order valence-electron chi connectivity index (χ4n) is 2.98. The highest BCUT2D eigenvalue weighted by atomic mass is 35.5. The molecule has 3 rings (SSSR count). The van der Waals surface area contributed by atoms with Gasteiger partial charge in [-0.2, -0.15) is 0 Å². The second-order valence-corrected chi connectivity index (χ2v) is 7.95. The number of nitrogens with one attached hydrogen (secondary N) is 1. The van der Waals surface area contributed by atoms with E-state index in [1.807, 2.05) is 0 Å². The molecule has 168 valence electrons. The Morgan fingerprint density at radius 3 is 2.53 bits per heavy atom. The summed E-state index contributed by atoms with van der Waals surface area (Å²) in [6, 6.07) is 3.89. The van der Waals surface area contributed by atoms with Gasteiger partial charge in [-0.15, -0.1) is 11.3 Å². The zero-order valence-electron chi connectivity index (χ0n) is 17.2. The van der Waals surface area contributed by atoms with Gasteiger partial charge in [0.15, 0.2) is 12.4 Å². The molecule has 32 heavy (non-hydrogen) atoms. The minimum absolute atomic E-state index is 0.0139. The summed E-state index contributed by atoms with van der Waals surface area (Å²) < 4.78 is 29.1. The molecule has 0 atom stereocenters. The highest BCUT2D eigenvalue weighted by Crippen LogP contribution is 2.36. The number of rotatable bonds is 7. The maximum Gasteiger partial charge on any atom is 0.350 e. The number of halogens is 2. The van der Waals surface area contributed by atoms with Crippen LogP contribution in [0.2, 0.25) is 5.02 Å². The van der Waals surface area contributed by atoms with Crippen LogP contribution >= 0.6 is 22.9 Å². The number of Topliss-reactive ketones (excluding diaryl/α,β-unsaturated/α-hetero) is 1. The lowest BCUT2D eigenvalue weighted by Crippen LogP contribution is -2.22. The van der Waals surface area contributed by atoms with Gasteiger partial charge in [0.1, 0.15) is 22.0 Å². The first-order valence-corrected chi connectivity index (χ1v) is 10.5. The van der Waals surface area contributed by atoms with Gasteiger partial charge in [0.05, 0.1) is 17.2 Å². The molecule has 0 radical (unpaired) electrons. The highest BCUT2D eigenvalue weighted by molar-refractivity contribution is 7.21. The van der Waals surface area contributed by atoms with Gasteiger partial charge in [0.25, 0.3) is 5.91 Å². The number of thiophene rings is 1. The van der Waals surface area contributed by atoms with E-state index in [2.05, 4.69) is 5.32 Å². The number of benzene rings is 1. The number of fused-ring (bicyclic) bond motifs is 1. The van der Waals surface area contributed by atoms with Gasteiger partial charge in [-0.25, -0.2) is 14.0 Å². The van der Waals surface area contributed by atoms with Crippen LogP contribution in [0.1, 0.15) is 50.0 Å². The van der Waals surface area contributed by atoms with Gasteiger partial charge >= 0.3 is 11.9 Å². The Morgan fingerprint density at radius 2 is 1.88 bits per heavy atom. The molecule has 1 aromatic carbocycles. The summed E-state index contributed by atoms with van der Waals surface area (Å²) in [6.07, 6.45) is 0. The molecule has 0 spiro atoms. The van der Waals surface area contributed by atoms with Crippen LogP contribution < -0.4 is 5.32 Å². The maximum absolute atomic E-state index is 13.4. The van der Waals surface area contributed by atoms with E-state index in [1.54, 1.807) is 6.92 Å². The molecule has 2 heterocycles. The Bertz CT molecular complexity index is 1250. The van der Waals surface area contributed by atoms with E-state index in [1.165, 1.54) is 32.0 Å². The Labute approximate surface area is 190 Å². The van der Waals surface area contributed by atoms with E-state index in [9.17, 15) is 23.6 Å². The monoisotopic (exact) mass is 481 g/mol. The number of carbonyl (C=O) groups is 4. The lowest BCUT2D eigenvalue weighted by atomic mass is 10.1. The van der Waals surface area contributed by atoms with Crippen LogP contribution in [0.25, 0.3) is 10.1 Å². The van der Waals surface area contributed by atoms with E-state index in [-0.39, 0.29) is 39.3 Å². The van der Waals surface area contributed by atoms with Gasteiger partial charge in [0, 0.05) is 10.1 Å². The van der Waals surface area contributed by atoms with Crippen molar-refractivity contribution in [3.05, 3.63) is 50.8 Å². The lowest BCUT2D eigenvalue weighted by molar-refractivity contribution is -0.119. The zero-order valence-corrected chi connectivity index (χ0v) is 18.7. The standard InChI is InChI=1S/C21H17ClFNO7S/c1-4-29-20(27)16-15(9(2)25)10(3)31-19(16)24-14(26)8-30-21(28)18-17(22)12-6-5-11(23)7-13(12)32-18/h5-7H,4,8H2,1-3H3,(H,24,26). The van der Waals surface area contributed by atoms with Crippen molar-refractivity contribution in [3.8, 4) is 0 Å². The Hall–Kier alpha value is -3.24. The minimum atomic E-state index is -0.877. The molecule has 8 nitrogen and oxygen atoms in total. The van der Waals surface area contributed by atoms with Gasteiger partial charge < -0.3 is 13.9 Å². The average Bonchev–Trinajstić information content (AvgIpc) is 3.22. The second kappa shape index (κ2) is 9.49. The number of ketones is 1. The SMILES string of the molecule is CCOC(=O)c1c(NC(=O)COC(=O)c2sc3cc(F)ccc3c2Cl)oc(C)c1C(C)=O. The van der Waals surface area contributed by atoms with Crippen molar-refractivity contribution < 1.29 is 37.5 Å². The molecule has 0 aliphatic rings. The average molecular weight is 482 g/mol. The number of hydrogen-bond donors (Lipinski definition) is 1. The van der Waals surface area contributed by atoms with Crippen LogP contribution in [0.3, 0.4) is 0 Å². The Morgan fingerprint density at radius 1 is 1.16 bits per heavy atom. The smallest absolute Gasteiger partial charge is 0.350 e. The predicted molar refractivity (Wildman–Crippen MR) is 115 cm³/mol. The molecule has 0 unspecified atom stereocenters. The number of hydrogen-bond acceptors (Lipinski definition) is 8. The summed E-state index contributed by atoms with van der Waals surface area (Å²) in [5, 5.41) is 2.88. The van der Waals surface area contributed by atoms with Crippen molar-refractivity contribution in [1.82, 2.24) is 0 Å². The van der Waals surface area contributed by atoms with Crippen molar-refractivity contribution >= 4 is 62.5 Å². The first kappa shape index (κ1) is 23.4. The number of carbonyl (C=O) groups excluding carboxylic acids is 4. The third-order valence-electron chi connectivity index (χ3n) is 4.28. The molecule has 0 aliphatic carbocycles. The number of anilines is 1. The summed E-state index contributed by atoms with van der Waals surface area (Å²) in [4.78, 5) is 48.9. The molecule has 0 bridgehead atoms. The normalized spacial score (nSPS) is 10.8. The molecule has 11 heteroatoms. The first-order chi connectivity index (χ1) is 15.1. The molecular weight excluding hydrogens is 465 g/mol. The number of amides is 1. The van der Waals surface area contributed by atoms with Crippen LogP contribution in [0.4, 0.5) is 10.3 Å². The summed E-state index contributed by atoms with van der Waals surface area (Å²) in [5.41, 5.74) is -0.230. The lowest BCUT2D eigenvalue weighted by Gasteiger charge is -2.07. The number of ether oxygens (including phenoxy) is 2. The van der Waals surface area contributed by atoms with E-state index in [4.69, 9.17) is 25.5 Å². The number of esters is 2. The number of furan rings is 1. The van der Waals surface area contributed by atoms with Gasteiger partial charge in [0.2, 0.25) is 5.88 Å². The van der Waals surface area contributed by atoms with Gasteiger partial charge in [-0.1, -0.05) is 11.6 Å². The zero-order chi connectivity index (χ0) is 23.6. The predicted octanol–water partition coefficient (Wildman–Crippen LogP) is 4.77. The van der Waals surface area contributed by atoms with Crippen molar-refractivity contribution in [1.29, 1.82) is 0 Å². The van der Waals surface area contributed by atoms with Crippen molar-refractivity contribution in [2.24, 2.45) is 0 Å². The van der Waals surface area contributed by atoms with Crippen molar-refractivity contribution in [2.45, 2.75) is 20.8 Å². The highest BCUT2D eigenvalue weighted by Gasteiger charge is 2.29. The molecule has 0 fully saturated rings. The second-order valence-electron chi connectivity index (χ2n) is 6.52. The molecule has 3 aromatic rings. The quantitative estimate of drug-likeness (QED) is 0.382. The molecular formula is C21H17ClFNO7S. The summed E-state index contributed by atoms with van der Waals surface area (Å²) in [5.74, 6) is -3.64. The first-order valence-electron chi connectivity index (χ1n) is 9.30. The maximum atomic E-state index is 13.4. The molecule has 0 saturated carbocycles. The third kappa shape index (κ3) is 4.66. The van der Waals surface area contributed by atoms with Crippen molar-refractivity contribution in [3.63, 3.8) is 0 Å². The summed E-state index contributed by atoms with van der Waals surface area (Å²) in [6.45, 7) is 3.61. The molecule has 1 amide bonds. The molecule has 1 N–H and O–H groups in total. The fraction of sp³-hybridized carbons (Fsp3) is 0.238. The Balaban J connectivity index is 1.75. The molecule has 0 aliphatic heterocycles. The largest absolute Gasteiger partial charge is 0.462 e. The molecule has 2 aromatic heterocycles. The topological polar surface area (TPSA) is 112 Å². The number of aryl methyl sites for hydroxylation is 1. The van der Waals surface area contributed by atoms with Crippen LogP contribution in [0, 0.1) is 12.7 Å². The summed E-state index contributed by atoms with van der Waals surface area (Å²) in [7, 11) is 0. The van der Waals surface area contributed by atoms with E-state index < -0.39 is 36.1 Å². The van der Waals surface area contributed by atoms with Crippen LogP contribution in [0.15, 0.2) is 22.6 Å². The van der Waals surface area contributed by atoms with Crippen LogP contribution in [0.5, 0.6) is 0 Å². The van der Waals surface area contributed by atoms with E-state index in [0.29, 0.717) is 10.1 Å². The van der Waals surface area contributed by atoms with Gasteiger partial charge in [-0.05, 0) is 39.0 Å². The third-order valence-corrected chi connectivity index (χ3v) is 5.92. The summed E-state index contributed by atoms with van der Waals surface area (Å²) >= 11 is 7.10.